The van der Waals surface area contributed by atoms with Gasteiger partial charge < -0.3 is 9.32 Å². The summed E-state index contributed by atoms with van der Waals surface area (Å²) < 4.78 is 18.3. The Morgan fingerprint density at radius 3 is 3.06 bits per heavy atom. The quantitative estimate of drug-likeness (QED) is 0.775. The van der Waals surface area contributed by atoms with Crippen LogP contribution in [-0.2, 0) is 6.54 Å². The first kappa shape index (κ1) is 10.9. The maximum Gasteiger partial charge on any atom is 0.224 e. The molecule has 0 spiro atoms. The summed E-state index contributed by atoms with van der Waals surface area (Å²) in [4.78, 5) is 9.01. The predicted molar refractivity (Wildman–Crippen MR) is 57.8 cm³/mol. The van der Waals surface area contributed by atoms with E-state index in [9.17, 15) is 4.39 Å². The zero-order valence-corrected chi connectivity index (χ0v) is 9.28. The molecule has 16 heavy (non-hydrogen) atoms. The summed E-state index contributed by atoms with van der Waals surface area (Å²) in [6, 6.07) is 1.80. The van der Waals surface area contributed by atoms with Crippen molar-refractivity contribution in [2.75, 3.05) is 11.9 Å². The van der Waals surface area contributed by atoms with Crippen LogP contribution >= 0.6 is 11.6 Å². The molecule has 0 aliphatic rings. The van der Waals surface area contributed by atoms with Crippen molar-refractivity contribution in [1.82, 2.24) is 9.97 Å². The van der Waals surface area contributed by atoms with Crippen molar-refractivity contribution in [3.63, 3.8) is 0 Å². The van der Waals surface area contributed by atoms with E-state index in [2.05, 4.69) is 9.97 Å². The van der Waals surface area contributed by atoms with Crippen molar-refractivity contribution in [3.8, 4) is 0 Å². The molecule has 0 bridgehead atoms. The lowest BCUT2D eigenvalue weighted by molar-refractivity contribution is 0.562. The van der Waals surface area contributed by atoms with E-state index in [0.29, 0.717) is 6.54 Å². The average molecular weight is 242 g/mol. The highest BCUT2D eigenvalue weighted by Gasteiger charge is 2.11. The third-order valence-corrected chi connectivity index (χ3v) is 2.24. The Morgan fingerprint density at radius 2 is 2.38 bits per heavy atom. The van der Waals surface area contributed by atoms with Crippen LogP contribution < -0.4 is 4.90 Å². The van der Waals surface area contributed by atoms with Crippen LogP contribution in [-0.4, -0.2) is 17.0 Å². The number of anilines is 1. The molecule has 2 aromatic heterocycles. The number of nitrogens with zero attached hydrogens (tertiary/aromatic N) is 3. The fourth-order valence-electron chi connectivity index (χ4n) is 1.34. The van der Waals surface area contributed by atoms with Gasteiger partial charge in [0.15, 0.2) is 11.6 Å². The lowest BCUT2D eigenvalue weighted by Crippen LogP contribution is -2.19. The minimum absolute atomic E-state index is 0.0236. The van der Waals surface area contributed by atoms with Crippen molar-refractivity contribution in [3.05, 3.63) is 41.5 Å². The molecule has 0 aliphatic carbocycles. The van der Waals surface area contributed by atoms with E-state index < -0.39 is 5.82 Å². The van der Waals surface area contributed by atoms with Crippen molar-refractivity contribution in [2.24, 2.45) is 0 Å². The maximum absolute atomic E-state index is 13.4. The number of aromatic nitrogens is 2. The van der Waals surface area contributed by atoms with E-state index in [-0.39, 0.29) is 11.1 Å². The molecule has 0 saturated carbocycles. The van der Waals surface area contributed by atoms with Gasteiger partial charge in [0.05, 0.1) is 18.7 Å². The van der Waals surface area contributed by atoms with Gasteiger partial charge in [-0.2, -0.15) is 4.98 Å². The van der Waals surface area contributed by atoms with Crippen molar-refractivity contribution in [1.29, 1.82) is 0 Å². The Bertz CT molecular complexity index is 475. The Labute approximate surface area is 96.7 Å². The number of halogens is 2. The van der Waals surface area contributed by atoms with Gasteiger partial charge in [0.2, 0.25) is 5.28 Å². The Hall–Kier alpha value is -1.62. The third kappa shape index (κ3) is 2.30. The molecule has 0 saturated heterocycles. The second-order valence-corrected chi connectivity index (χ2v) is 3.64. The van der Waals surface area contributed by atoms with Crippen LogP contribution in [0.2, 0.25) is 5.28 Å². The lowest BCUT2D eigenvalue weighted by Gasteiger charge is -2.17. The minimum Gasteiger partial charge on any atom is -0.472 e. The second kappa shape index (κ2) is 4.49. The summed E-state index contributed by atoms with van der Waals surface area (Å²) in [7, 11) is 1.72. The van der Waals surface area contributed by atoms with E-state index >= 15 is 0 Å². The van der Waals surface area contributed by atoms with Gasteiger partial charge in [-0.3, -0.25) is 0 Å². The van der Waals surface area contributed by atoms with E-state index in [4.69, 9.17) is 16.0 Å². The van der Waals surface area contributed by atoms with Crippen LogP contribution in [0.1, 0.15) is 5.56 Å². The number of rotatable bonds is 3. The van der Waals surface area contributed by atoms with Crippen molar-refractivity contribution >= 4 is 17.4 Å². The summed E-state index contributed by atoms with van der Waals surface area (Å²) in [5.41, 5.74) is 0.927. The van der Waals surface area contributed by atoms with Crippen molar-refractivity contribution in [2.45, 2.75) is 6.54 Å². The Kier molecular flexibility index (Phi) is 3.05. The SMILES string of the molecule is CN(Cc1ccoc1)c1nc(Cl)ncc1F. The van der Waals surface area contributed by atoms with Crippen LogP contribution in [0.3, 0.4) is 0 Å². The molecule has 0 radical (unpaired) electrons. The van der Waals surface area contributed by atoms with Crippen LogP contribution in [0, 0.1) is 5.82 Å². The highest BCUT2D eigenvalue weighted by Crippen LogP contribution is 2.18. The zero-order chi connectivity index (χ0) is 11.5. The van der Waals surface area contributed by atoms with Crippen molar-refractivity contribution < 1.29 is 8.81 Å². The molecular weight excluding hydrogens is 233 g/mol. The summed E-state index contributed by atoms with van der Waals surface area (Å²) in [6.07, 6.45) is 4.21. The summed E-state index contributed by atoms with van der Waals surface area (Å²) in [6.45, 7) is 0.487. The lowest BCUT2D eigenvalue weighted by atomic mass is 10.3. The van der Waals surface area contributed by atoms with Crippen LogP contribution in [0.15, 0.2) is 29.2 Å². The molecule has 2 heterocycles. The maximum atomic E-state index is 13.4. The first-order valence-electron chi connectivity index (χ1n) is 4.57. The van der Waals surface area contributed by atoms with Crippen LogP contribution in [0.4, 0.5) is 10.2 Å². The first-order chi connectivity index (χ1) is 7.66. The normalized spacial score (nSPS) is 10.4. The molecule has 84 valence electrons. The molecule has 0 aliphatic heterocycles. The number of hydrogen-bond donors (Lipinski definition) is 0. The Balaban J connectivity index is 2.20. The molecule has 0 unspecified atom stereocenters. The van der Waals surface area contributed by atoms with E-state index in [0.717, 1.165) is 11.8 Å². The number of hydrogen-bond acceptors (Lipinski definition) is 4. The van der Waals surface area contributed by atoms with Gasteiger partial charge in [-0.15, -0.1) is 0 Å². The molecular formula is C10H9ClFN3O. The van der Waals surface area contributed by atoms with Gasteiger partial charge in [0.25, 0.3) is 0 Å². The molecule has 2 rings (SSSR count). The predicted octanol–water partition coefficient (Wildman–Crippen LogP) is 2.50. The first-order valence-corrected chi connectivity index (χ1v) is 4.95. The zero-order valence-electron chi connectivity index (χ0n) is 8.52. The van der Waals surface area contributed by atoms with Gasteiger partial charge in [-0.25, -0.2) is 9.37 Å². The van der Waals surface area contributed by atoms with Crippen LogP contribution in [0.5, 0.6) is 0 Å². The van der Waals surface area contributed by atoms with Crippen LogP contribution in [0.25, 0.3) is 0 Å². The molecule has 0 fully saturated rings. The highest BCUT2D eigenvalue weighted by atomic mass is 35.5. The number of furan rings is 1. The van der Waals surface area contributed by atoms with Gasteiger partial charge in [-0.05, 0) is 17.7 Å². The molecule has 0 atom stereocenters. The van der Waals surface area contributed by atoms with E-state index in [1.54, 1.807) is 30.5 Å². The molecule has 0 N–H and O–H groups in total. The third-order valence-electron chi connectivity index (χ3n) is 2.06. The van der Waals surface area contributed by atoms with E-state index in [1.807, 2.05) is 0 Å². The highest BCUT2D eigenvalue weighted by molar-refractivity contribution is 6.28. The van der Waals surface area contributed by atoms with Gasteiger partial charge in [0.1, 0.15) is 0 Å². The largest absolute Gasteiger partial charge is 0.472 e. The smallest absolute Gasteiger partial charge is 0.224 e. The van der Waals surface area contributed by atoms with Gasteiger partial charge in [-0.1, -0.05) is 0 Å². The molecule has 4 nitrogen and oxygen atoms in total. The van der Waals surface area contributed by atoms with E-state index in [1.165, 1.54) is 0 Å². The second-order valence-electron chi connectivity index (χ2n) is 3.30. The summed E-state index contributed by atoms with van der Waals surface area (Å²) in [5.74, 6) is -0.336. The fourth-order valence-corrected chi connectivity index (χ4v) is 1.47. The molecule has 0 aromatic carbocycles. The molecule has 2 aromatic rings. The standard InChI is InChI=1S/C10H9ClFN3O/c1-15(5-7-2-3-16-6-7)9-8(12)4-13-10(11)14-9/h2-4,6H,5H2,1H3. The summed E-state index contributed by atoms with van der Waals surface area (Å²) in [5, 5.41) is 0.0236. The fraction of sp³-hybridized carbons (Fsp3) is 0.200. The molecule has 0 amide bonds. The summed E-state index contributed by atoms with van der Waals surface area (Å²) >= 11 is 5.61. The monoisotopic (exact) mass is 241 g/mol. The Morgan fingerprint density at radius 1 is 1.56 bits per heavy atom. The molecule has 6 heteroatoms. The minimum atomic E-state index is -0.504. The van der Waals surface area contributed by atoms with Gasteiger partial charge in [0, 0.05) is 19.2 Å². The average Bonchev–Trinajstić information content (AvgIpc) is 2.74. The van der Waals surface area contributed by atoms with Gasteiger partial charge >= 0.3 is 0 Å². The topological polar surface area (TPSA) is 42.2 Å².